The highest BCUT2D eigenvalue weighted by Crippen LogP contribution is 2.34. The van der Waals surface area contributed by atoms with Crippen LogP contribution in [0.1, 0.15) is 5.56 Å². The normalized spacial score (nSPS) is 12.3. The van der Waals surface area contributed by atoms with Crippen molar-refractivity contribution in [2.24, 2.45) is 0 Å². The Balaban J connectivity index is 2.27. The fraction of sp³-hybridized carbons (Fsp3) is 0.118. The standard InChI is InChI=1S/C17H15ClN2O2S/c1-19-15-9-11-6-4-8-14(18)16(11)20-17(15)13-7-3-2-5-12(13)10-23(21)22/h2-9,19H,10H2,1H3,(H,21,22)/p-1. The molecule has 0 amide bonds. The highest BCUT2D eigenvalue weighted by Gasteiger charge is 2.13. The molecule has 3 aromatic rings. The maximum Gasteiger partial charge on any atom is 0.0944 e. The molecule has 0 bridgehead atoms. The number of anilines is 1. The molecule has 3 rings (SSSR count). The molecule has 2 aromatic carbocycles. The number of para-hydroxylation sites is 1. The predicted octanol–water partition coefficient (Wildman–Crippen LogP) is 3.98. The molecular formula is C17H14ClN2O2S-. The molecule has 1 unspecified atom stereocenters. The predicted molar refractivity (Wildman–Crippen MR) is 94.4 cm³/mol. The number of rotatable bonds is 4. The summed E-state index contributed by atoms with van der Waals surface area (Å²) in [5.41, 5.74) is 3.69. The summed E-state index contributed by atoms with van der Waals surface area (Å²) in [4.78, 5) is 4.69. The monoisotopic (exact) mass is 345 g/mol. The molecule has 4 nitrogen and oxygen atoms in total. The van der Waals surface area contributed by atoms with Gasteiger partial charge in [-0.3, -0.25) is 4.21 Å². The molecule has 23 heavy (non-hydrogen) atoms. The van der Waals surface area contributed by atoms with Crippen LogP contribution in [0.4, 0.5) is 5.69 Å². The van der Waals surface area contributed by atoms with Crippen LogP contribution in [-0.2, 0) is 16.8 Å². The summed E-state index contributed by atoms with van der Waals surface area (Å²) in [6.07, 6.45) is 0. The molecule has 1 N–H and O–H groups in total. The van der Waals surface area contributed by atoms with E-state index in [0.717, 1.165) is 16.6 Å². The Morgan fingerprint density at radius 3 is 2.74 bits per heavy atom. The molecule has 0 spiro atoms. The van der Waals surface area contributed by atoms with Crippen LogP contribution in [0.25, 0.3) is 22.2 Å². The van der Waals surface area contributed by atoms with E-state index in [1.807, 2.05) is 43.4 Å². The van der Waals surface area contributed by atoms with Gasteiger partial charge >= 0.3 is 0 Å². The fourth-order valence-electron chi connectivity index (χ4n) is 2.56. The number of pyridine rings is 1. The summed E-state index contributed by atoms with van der Waals surface area (Å²) in [6, 6.07) is 14.9. The van der Waals surface area contributed by atoms with Crippen molar-refractivity contribution < 1.29 is 8.76 Å². The molecule has 6 heteroatoms. The van der Waals surface area contributed by atoms with E-state index in [-0.39, 0.29) is 5.75 Å². The lowest BCUT2D eigenvalue weighted by Gasteiger charge is -2.15. The van der Waals surface area contributed by atoms with Crippen LogP contribution < -0.4 is 5.32 Å². The van der Waals surface area contributed by atoms with E-state index >= 15 is 0 Å². The van der Waals surface area contributed by atoms with Gasteiger partial charge in [0.1, 0.15) is 0 Å². The molecule has 0 aliphatic heterocycles. The van der Waals surface area contributed by atoms with Crippen molar-refractivity contribution in [3.05, 3.63) is 59.1 Å². The molecule has 0 aliphatic rings. The molecule has 0 radical (unpaired) electrons. The van der Waals surface area contributed by atoms with Crippen LogP contribution in [0, 0.1) is 0 Å². The third-order valence-electron chi connectivity index (χ3n) is 3.61. The molecule has 1 heterocycles. The first-order valence-corrected chi connectivity index (χ1v) is 8.63. The maximum atomic E-state index is 11.1. The lowest BCUT2D eigenvalue weighted by atomic mass is 10.0. The number of fused-ring (bicyclic) bond motifs is 1. The zero-order valence-electron chi connectivity index (χ0n) is 12.4. The third kappa shape index (κ3) is 3.22. The van der Waals surface area contributed by atoms with Gasteiger partial charge in [0, 0.05) is 23.8 Å². The average Bonchev–Trinajstić information content (AvgIpc) is 2.54. The molecule has 118 valence electrons. The van der Waals surface area contributed by atoms with Gasteiger partial charge in [0.2, 0.25) is 0 Å². The summed E-state index contributed by atoms with van der Waals surface area (Å²) < 4.78 is 22.2. The van der Waals surface area contributed by atoms with Crippen molar-refractivity contribution in [3.8, 4) is 11.3 Å². The van der Waals surface area contributed by atoms with E-state index < -0.39 is 11.1 Å². The second kappa shape index (κ2) is 6.66. The van der Waals surface area contributed by atoms with Gasteiger partial charge in [-0.15, -0.1) is 0 Å². The summed E-state index contributed by atoms with van der Waals surface area (Å²) in [5.74, 6) is -0.0540. The number of benzene rings is 2. The van der Waals surface area contributed by atoms with Gasteiger partial charge in [-0.1, -0.05) is 59.1 Å². The van der Waals surface area contributed by atoms with Crippen LogP contribution in [-0.4, -0.2) is 20.8 Å². The van der Waals surface area contributed by atoms with E-state index in [9.17, 15) is 8.76 Å². The topological polar surface area (TPSA) is 65.0 Å². The van der Waals surface area contributed by atoms with Crippen molar-refractivity contribution in [1.82, 2.24) is 4.98 Å². The Morgan fingerprint density at radius 1 is 1.22 bits per heavy atom. The molecular weight excluding hydrogens is 332 g/mol. The molecule has 0 saturated carbocycles. The second-order valence-electron chi connectivity index (χ2n) is 5.05. The first-order chi connectivity index (χ1) is 11.1. The van der Waals surface area contributed by atoms with E-state index in [1.54, 1.807) is 12.1 Å². The number of nitrogens with zero attached hydrogens (tertiary/aromatic N) is 1. The molecule has 0 aliphatic carbocycles. The zero-order valence-corrected chi connectivity index (χ0v) is 13.9. The third-order valence-corrected chi connectivity index (χ3v) is 4.46. The van der Waals surface area contributed by atoms with Crippen LogP contribution in [0.2, 0.25) is 5.02 Å². The quantitative estimate of drug-likeness (QED) is 0.726. The summed E-state index contributed by atoms with van der Waals surface area (Å²) in [5, 5.41) is 4.62. The van der Waals surface area contributed by atoms with E-state index in [1.165, 1.54) is 0 Å². The summed E-state index contributed by atoms with van der Waals surface area (Å²) >= 11 is 4.09. The number of hydrogen-bond donors (Lipinski definition) is 1. The van der Waals surface area contributed by atoms with Crippen molar-refractivity contribution in [2.45, 2.75) is 5.75 Å². The molecule has 1 aromatic heterocycles. The Morgan fingerprint density at radius 2 is 2.00 bits per heavy atom. The lowest BCUT2D eigenvalue weighted by molar-refractivity contribution is 0.536. The largest absolute Gasteiger partial charge is 0.772 e. The highest BCUT2D eigenvalue weighted by molar-refractivity contribution is 7.78. The number of nitrogens with one attached hydrogen (secondary N) is 1. The van der Waals surface area contributed by atoms with Crippen molar-refractivity contribution in [1.29, 1.82) is 0 Å². The van der Waals surface area contributed by atoms with Gasteiger partial charge in [-0.25, -0.2) is 4.98 Å². The van der Waals surface area contributed by atoms with E-state index in [2.05, 4.69) is 10.3 Å². The number of halogens is 1. The Hall–Kier alpha value is -1.95. The van der Waals surface area contributed by atoms with Crippen LogP contribution in [0.3, 0.4) is 0 Å². The number of aromatic nitrogens is 1. The first kappa shape index (κ1) is 15.9. The highest BCUT2D eigenvalue weighted by atomic mass is 35.5. The van der Waals surface area contributed by atoms with E-state index in [4.69, 9.17) is 11.6 Å². The second-order valence-corrected chi connectivity index (χ2v) is 6.35. The summed E-state index contributed by atoms with van der Waals surface area (Å²) in [6.45, 7) is 0. The number of hydrogen-bond acceptors (Lipinski definition) is 4. The maximum absolute atomic E-state index is 11.1. The average molecular weight is 346 g/mol. The van der Waals surface area contributed by atoms with Crippen LogP contribution in [0.5, 0.6) is 0 Å². The minimum Gasteiger partial charge on any atom is -0.772 e. The van der Waals surface area contributed by atoms with Crippen molar-refractivity contribution >= 4 is 39.3 Å². The van der Waals surface area contributed by atoms with Crippen molar-refractivity contribution in [2.75, 3.05) is 12.4 Å². The van der Waals surface area contributed by atoms with Gasteiger partial charge in [0.15, 0.2) is 0 Å². The van der Waals surface area contributed by atoms with E-state index in [0.29, 0.717) is 21.8 Å². The van der Waals surface area contributed by atoms with Gasteiger partial charge < -0.3 is 9.87 Å². The van der Waals surface area contributed by atoms with Crippen molar-refractivity contribution in [3.63, 3.8) is 0 Å². The smallest absolute Gasteiger partial charge is 0.0944 e. The molecule has 0 fully saturated rings. The minimum atomic E-state index is -2.16. The van der Waals surface area contributed by atoms with Gasteiger partial charge in [0.05, 0.1) is 21.9 Å². The van der Waals surface area contributed by atoms with Crippen LogP contribution in [0.15, 0.2) is 48.5 Å². The Labute approximate surface area is 141 Å². The lowest BCUT2D eigenvalue weighted by Crippen LogP contribution is -2.01. The van der Waals surface area contributed by atoms with Crippen LogP contribution >= 0.6 is 11.6 Å². The zero-order chi connectivity index (χ0) is 16.4. The molecule has 0 saturated heterocycles. The Bertz CT molecular complexity index is 899. The Kier molecular flexibility index (Phi) is 4.61. The van der Waals surface area contributed by atoms with Gasteiger partial charge in [-0.2, -0.15) is 0 Å². The SMILES string of the molecule is CNc1cc2cccc(Cl)c2nc1-c1ccccc1CS(=O)[O-]. The fourth-order valence-corrected chi connectivity index (χ4v) is 3.29. The summed E-state index contributed by atoms with van der Waals surface area (Å²) in [7, 11) is 1.81. The van der Waals surface area contributed by atoms with Gasteiger partial charge in [0.25, 0.3) is 0 Å². The molecule has 1 atom stereocenters. The first-order valence-electron chi connectivity index (χ1n) is 7.01. The minimum absolute atomic E-state index is 0.0540. The van der Waals surface area contributed by atoms with Gasteiger partial charge in [-0.05, 0) is 17.7 Å².